The van der Waals surface area contributed by atoms with E-state index in [0.29, 0.717) is 55.5 Å². The van der Waals surface area contributed by atoms with Gasteiger partial charge >= 0.3 is 5.97 Å². The summed E-state index contributed by atoms with van der Waals surface area (Å²) in [4.78, 5) is 26.3. The molecule has 242 valence electrons. The van der Waals surface area contributed by atoms with Crippen molar-refractivity contribution in [2.24, 2.45) is 18.4 Å². The minimum Gasteiger partial charge on any atom is -0.481 e. The van der Waals surface area contributed by atoms with Gasteiger partial charge in [-0.15, -0.1) is 0 Å². The van der Waals surface area contributed by atoms with E-state index in [4.69, 9.17) is 0 Å². The summed E-state index contributed by atoms with van der Waals surface area (Å²) in [5.74, 6) is -0.304. The number of nitrogens with zero attached hydrogens (tertiary/aromatic N) is 1. The number of carbonyl (C=O) groups excluding carboxylic acids is 1. The number of benzene rings is 2. The first-order chi connectivity index (χ1) is 21.2. The maximum Gasteiger partial charge on any atom is 0.309 e. The molecule has 3 N–H and O–H groups in total. The summed E-state index contributed by atoms with van der Waals surface area (Å²) >= 11 is 0. The SMILES string of the molecule is Cn1c(C(=O)NC23CCC(C(=O)O)(CC2)CC3)cc(-c2ccc(S(=O)(=O)NC(C)(C)C)c3ccccc23)c1CC1CCCCC1. The van der Waals surface area contributed by atoms with Gasteiger partial charge in [0.25, 0.3) is 5.91 Å². The number of carboxylic acids is 1. The van der Waals surface area contributed by atoms with Gasteiger partial charge in [-0.25, -0.2) is 13.1 Å². The van der Waals surface area contributed by atoms with Crippen molar-refractivity contribution in [3.05, 3.63) is 53.9 Å². The predicted molar refractivity (Wildman–Crippen MR) is 177 cm³/mol. The number of carbonyl (C=O) groups is 2. The lowest BCUT2D eigenvalue weighted by atomic mass is 9.57. The van der Waals surface area contributed by atoms with Gasteiger partial charge < -0.3 is 15.0 Å². The van der Waals surface area contributed by atoms with Crippen LogP contribution in [0.4, 0.5) is 0 Å². The Morgan fingerprint density at radius 3 is 2.13 bits per heavy atom. The number of amides is 1. The molecule has 4 aliphatic rings. The first kappa shape index (κ1) is 31.8. The zero-order valence-electron chi connectivity index (χ0n) is 27.0. The van der Waals surface area contributed by atoms with Crippen molar-refractivity contribution in [2.75, 3.05) is 0 Å². The van der Waals surface area contributed by atoms with E-state index in [2.05, 4.69) is 10.0 Å². The van der Waals surface area contributed by atoms with E-state index in [1.54, 1.807) is 6.07 Å². The van der Waals surface area contributed by atoms with Crippen molar-refractivity contribution in [3.63, 3.8) is 0 Å². The van der Waals surface area contributed by atoms with Gasteiger partial charge in [-0.2, -0.15) is 0 Å². The summed E-state index contributed by atoms with van der Waals surface area (Å²) in [7, 11) is -1.81. The van der Waals surface area contributed by atoms with Gasteiger partial charge in [0.1, 0.15) is 5.69 Å². The van der Waals surface area contributed by atoms with Crippen molar-refractivity contribution in [2.45, 2.75) is 114 Å². The summed E-state index contributed by atoms with van der Waals surface area (Å²) in [6.07, 6.45) is 10.7. The quantitative estimate of drug-likeness (QED) is 0.248. The maximum atomic E-state index is 14.1. The molecule has 3 aromatic rings. The molecule has 0 aliphatic heterocycles. The van der Waals surface area contributed by atoms with Crippen LogP contribution in [0.15, 0.2) is 47.4 Å². The second kappa shape index (κ2) is 11.6. The topological polar surface area (TPSA) is 118 Å². The zero-order chi connectivity index (χ0) is 32.2. The smallest absolute Gasteiger partial charge is 0.309 e. The van der Waals surface area contributed by atoms with E-state index in [1.807, 2.05) is 68.8 Å². The number of nitrogens with one attached hydrogen (secondary N) is 2. The molecule has 1 amide bonds. The van der Waals surface area contributed by atoms with Gasteiger partial charge in [0.05, 0.1) is 10.3 Å². The largest absolute Gasteiger partial charge is 0.481 e. The van der Waals surface area contributed by atoms with Gasteiger partial charge in [0, 0.05) is 34.8 Å². The number of rotatable bonds is 8. The Morgan fingerprint density at radius 2 is 1.53 bits per heavy atom. The number of hydrogen-bond donors (Lipinski definition) is 3. The summed E-state index contributed by atoms with van der Waals surface area (Å²) in [6, 6.07) is 13.2. The predicted octanol–water partition coefficient (Wildman–Crippen LogP) is 6.95. The van der Waals surface area contributed by atoms with Crippen LogP contribution in [0, 0.1) is 11.3 Å². The van der Waals surface area contributed by atoms with Crippen molar-refractivity contribution < 1.29 is 23.1 Å². The molecular formula is C36H47N3O5S. The fourth-order valence-electron chi connectivity index (χ4n) is 8.20. The van der Waals surface area contributed by atoms with Crippen LogP contribution in [0.25, 0.3) is 21.9 Å². The van der Waals surface area contributed by atoms with Crippen LogP contribution in [0.2, 0.25) is 0 Å². The zero-order valence-corrected chi connectivity index (χ0v) is 27.9. The highest BCUT2D eigenvalue weighted by Crippen LogP contribution is 2.52. The Labute approximate surface area is 267 Å². The van der Waals surface area contributed by atoms with Crippen molar-refractivity contribution in [3.8, 4) is 11.1 Å². The molecule has 4 saturated carbocycles. The Kier molecular flexibility index (Phi) is 8.17. The van der Waals surface area contributed by atoms with E-state index in [1.165, 1.54) is 19.3 Å². The summed E-state index contributed by atoms with van der Waals surface area (Å²) < 4.78 is 31.8. The van der Waals surface area contributed by atoms with Gasteiger partial charge in [0.2, 0.25) is 10.0 Å². The van der Waals surface area contributed by atoms with Crippen LogP contribution < -0.4 is 10.0 Å². The fraction of sp³-hybridized carbons (Fsp3) is 0.556. The highest BCUT2D eigenvalue weighted by atomic mass is 32.2. The van der Waals surface area contributed by atoms with E-state index in [-0.39, 0.29) is 16.3 Å². The number of aliphatic carboxylic acids is 1. The molecule has 0 saturated heterocycles. The number of sulfonamides is 1. The van der Waals surface area contributed by atoms with Crippen molar-refractivity contribution >= 4 is 32.7 Å². The Bertz CT molecular complexity index is 1720. The van der Waals surface area contributed by atoms with E-state index in [9.17, 15) is 23.1 Å². The minimum atomic E-state index is -3.78. The normalized spacial score (nSPS) is 24.2. The molecule has 4 aliphatic carbocycles. The standard InChI is InChI=1S/C36H47N3O5S/c1-34(2,3)38-45(43,44)31-15-14-26(25-12-8-9-13-27(25)31)28-23-30(39(4)29(28)22-24-10-6-5-7-11-24)32(40)37-36-19-16-35(17-20-36,18-21-36)33(41)42/h8-9,12-15,23-24,38H,5-7,10-11,16-22H2,1-4H3,(H,37,40)(H,41,42). The second-order valence-electron chi connectivity index (χ2n) is 15.0. The van der Waals surface area contributed by atoms with Crippen LogP contribution in [-0.4, -0.2) is 41.0 Å². The average Bonchev–Trinajstić information content (AvgIpc) is 3.32. The second-order valence-corrected chi connectivity index (χ2v) is 16.6. The summed E-state index contributed by atoms with van der Waals surface area (Å²) in [5, 5.41) is 14.7. The molecule has 45 heavy (non-hydrogen) atoms. The molecule has 0 radical (unpaired) electrons. The van der Waals surface area contributed by atoms with E-state index < -0.39 is 26.9 Å². The van der Waals surface area contributed by atoms with Gasteiger partial charge in [-0.05, 0) is 94.7 Å². The number of hydrogen-bond acceptors (Lipinski definition) is 4. The molecule has 0 unspecified atom stereocenters. The molecule has 1 aromatic heterocycles. The molecule has 0 atom stereocenters. The Morgan fingerprint density at radius 1 is 0.911 bits per heavy atom. The third-order valence-corrected chi connectivity index (χ3v) is 12.6. The van der Waals surface area contributed by atoms with Crippen LogP contribution in [0.5, 0.6) is 0 Å². The number of aromatic nitrogens is 1. The van der Waals surface area contributed by atoms with E-state index in [0.717, 1.165) is 41.5 Å². The first-order valence-electron chi connectivity index (χ1n) is 16.5. The molecule has 9 heteroatoms. The first-order valence-corrected chi connectivity index (χ1v) is 18.0. The van der Waals surface area contributed by atoms with E-state index >= 15 is 0 Å². The molecule has 7 rings (SSSR count). The van der Waals surface area contributed by atoms with Crippen LogP contribution >= 0.6 is 0 Å². The molecule has 0 spiro atoms. The lowest BCUT2D eigenvalue weighted by Gasteiger charge is -2.51. The highest BCUT2D eigenvalue weighted by Gasteiger charge is 2.53. The number of fused-ring (bicyclic) bond motifs is 4. The average molecular weight is 634 g/mol. The van der Waals surface area contributed by atoms with Crippen molar-refractivity contribution in [1.82, 2.24) is 14.6 Å². The Hall–Kier alpha value is -3.17. The molecule has 4 fully saturated rings. The number of carboxylic acid groups (broad SMARTS) is 1. The van der Waals surface area contributed by atoms with Crippen LogP contribution in [0.1, 0.15) is 108 Å². The third kappa shape index (κ3) is 6.06. The maximum absolute atomic E-state index is 14.1. The van der Waals surface area contributed by atoms with Gasteiger partial charge in [-0.3, -0.25) is 9.59 Å². The molecule has 2 bridgehead atoms. The van der Waals surface area contributed by atoms with Crippen molar-refractivity contribution in [1.29, 1.82) is 0 Å². The Balaban J connectivity index is 1.41. The van der Waals surface area contributed by atoms with Crippen LogP contribution in [0.3, 0.4) is 0 Å². The highest BCUT2D eigenvalue weighted by molar-refractivity contribution is 7.89. The molecule has 8 nitrogen and oxygen atoms in total. The monoisotopic (exact) mass is 633 g/mol. The lowest BCUT2D eigenvalue weighted by Crippen LogP contribution is -2.58. The lowest BCUT2D eigenvalue weighted by molar-refractivity contribution is -0.156. The molecule has 2 aromatic carbocycles. The summed E-state index contributed by atoms with van der Waals surface area (Å²) in [6.45, 7) is 5.49. The molecular weight excluding hydrogens is 586 g/mol. The minimum absolute atomic E-state index is 0.128. The molecule has 1 heterocycles. The van der Waals surface area contributed by atoms with Gasteiger partial charge in [-0.1, -0.05) is 62.4 Å². The fourth-order valence-corrected chi connectivity index (χ4v) is 9.83. The third-order valence-electron chi connectivity index (χ3n) is 10.8. The van der Waals surface area contributed by atoms with Crippen LogP contribution in [-0.2, 0) is 28.3 Å². The summed E-state index contributed by atoms with van der Waals surface area (Å²) in [5.41, 5.74) is 1.92. The van der Waals surface area contributed by atoms with Gasteiger partial charge in [0.15, 0.2) is 0 Å².